The van der Waals surface area contributed by atoms with Crippen LogP contribution in [0.15, 0.2) is 54.9 Å². The zero-order chi connectivity index (χ0) is 24.9. The quantitative estimate of drug-likeness (QED) is 0.404. The van der Waals surface area contributed by atoms with Crippen molar-refractivity contribution in [3.8, 4) is 28.5 Å². The van der Waals surface area contributed by atoms with Gasteiger partial charge < -0.3 is 25.1 Å². The molecule has 2 aromatic heterocycles. The molecule has 8 nitrogen and oxygen atoms in total. The average molecular weight is 491 g/mol. The first-order valence-electron chi connectivity index (χ1n) is 12.0. The number of fused-ring (bicyclic) bond motifs is 1. The van der Waals surface area contributed by atoms with E-state index in [4.69, 9.17) is 24.9 Å². The van der Waals surface area contributed by atoms with Crippen LogP contribution >= 0.6 is 0 Å². The lowest BCUT2D eigenvalue weighted by Gasteiger charge is -2.31. The molecule has 0 amide bonds. The molecule has 0 spiro atoms. The fourth-order valence-electron chi connectivity index (χ4n) is 4.94. The zero-order valence-electron chi connectivity index (χ0n) is 19.9. The second-order valence-corrected chi connectivity index (χ2v) is 9.45. The number of rotatable bonds is 6. The molecule has 0 bridgehead atoms. The summed E-state index contributed by atoms with van der Waals surface area (Å²) in [5.74, 6) is 1.43. The van der Waals surface area contributed by atoms with E-state index in [1.165, 1.54) is 13.2 Å². The Morgan fingerprint density at radius 1 is 1.14 bits per heavy atom. The molecular formula is C27H27FN4O4. The van der Waals surface area contributed by atoms with E-state index in [1.807, 2.05) is 22.7 Å². The SMILES string of the molecule is COc1cccc(Oc2ccc(-c3nc(C4CCC(C5(O)CC5)OC4)n4ccnc(N)c34)cc2)c1F. The number of nitrogens with two attached hydrogens (primary N) is 1. The number of hydrogen-bond acceptors (Lipinski definition) is 7. The highest BCUT2D eigenvalue weighted by atomic mass is 19.1. The number of imidazole rings is 1. The summed E-state index contributed by atoms with van der Waals surface area (Å²) in [4.78, 5) is 9.26. The maximum absolute atomic E-state index is 14.5. The van der Waals surface area contributed by atoms with Crippen LogP contribution in [0, 0.1) is 5.82 Å². The molecule has 1 saturated heterocycles. The van der Waals surface area contributed by atoms with Gasteiger partial charge in [0.2, 0.25) is 5.82 Å². The maximum atomic E-state index is 14.5. The molecular weight excluding hydrogens is 463 g/mol. The Hall–Kier alpha value is -3.69. The number of aliphatic hydroxyl groups is 1. The molecule has 9 heteroatoms. The summed E-state index contributed by atoms with van der Waals surface area (Å²) in [6.45, 7) is 0.493. The number of methoxy groups -OCH3 is 1. The van der Waals surface area contributed by atoms with Crippen LogP contribution in [0.2, 0.25) is 0 Å². The van der Waals surface area contributed by atoms with Gasteiger partial charge in [0.25, 0.3) is 0 Å². The van der Waals surface area contributed by atoms with E-state index in [0.29, 0.717) is 23.9 Å². The Balaban J connectivity index is 1.29. The van der Waals surface area contributed by atoms with Crippen molar-refractivity contribution in [2.24, 2.45) is 0 Å². The topological polar surface area (TPSA) is 104 Å². The van der Waals surface area contributed by atoms with Gasteiger partial charge in [0, 0.05) is 23.9 Å². The highest BCUT2D eigenvalue weighted by Crippen LogP contribution is 2.45. The zero-order valence-corrected chi connectivity index (χ0v) is 19.9. The van der Waals surface area contributed by atoms with Gasteiger partial charge in [-0.2, -0.15) is 4.39 Å². The van der Waals surface area contributed by atoms with Gasteiger partial charge in [-0.3, -0.25) is 4.40 Å². The molecule has 1 saturated carbocycles. The van der Waals surface area contributed by atoms with E-state index in [0.717, 1.165) is 42.6 Å². The fourth-order valence-corrected chi connectivity index (χ4v) is 4.94. The lowest BCUT2D eigenvalue weighted by atomic mass is 9.94. The maximum Gasteiger partial charge on any atom is 0.207 e. The van der Waals surface area contributed by atoms with Crippen molar-refractivity contribution < 1.29 is 23.7 Å². The predicted octanol–water partition coefficient (Wildman–Crippen LogP) is 4.71. The normalized spacial score (nSPS) is 20.9. The van der Waals surface area contributed by atoms with Crippen molar-refractivity contribution in [1.29, 1.82) is 0 Å². The number of aromatic nitrogens is 3. The molecule has 2 fully saturated rings. The van der Waals surface area contributed by atoms with Crippen molar-refractivity contribution in [2.75, 3.05) is 19.5 Å². The number of hydrogen-bond donors (Lipinski definition) is 2. The summed E-state index contributed by atoms with van der Waals surface area (Å²) < 4.78 is 33.3. The minimum Gasteiger partial charge on any atom is -0.494 e. The number of anilines is 1. The van der Waals surface area contributed by atoms with Crippen LogP contribution in [-0.2, 0) is 4.74 Å². The summed E-state index contributed by atoms with van der Waals surface area (Å²) in [6.07, 6.45) is 6.70. The van der Waals surface area contributed by atoms with E-state index in [2.05, 4.69) is 4.98 Å². The first kappa shape index (κ1) is 22.8. The minimum atomic E-state index is -0.642. The Morgan fingerprint density at radius 2 is 1.92 bits per heavy atom. The molecule has 2 atom stereocenters. The molecule has 2 unspecified atom stereocenters. The minimum absolute atomic E-state index is 0.0743. The summed E-state index contributed by atoms with van der Waals surface area (Å²) in [5.41, 5.74) is 7.91. The lowest BCUT2D eigenvalue weighted by molar-refractivity contribution is -0.0829. The number of nitrogen functional groups attached to an aromatic ring is 1. The van der Waals surface area contributed by atoms with Gasteiger partial charge in [0.15, 0.2) is 11.5 Å². The van der Waals surface area contributed by atoms with Crippen LogP contribution in [0.4, 0.5) is 10.2 Å². The first-order valence-corrected chi connectivity index (χ1v) is 12.0. The highest BCUT2D eigenvalue weighted by molar-refractivity contribution is 5.85. The van der Waals surface area contributed by atoms with Crippen LogP contribution in [0.25, 0.3) is 16.8 Å². The molecule has 3 heterocycles. The summed E-state index contributed by atoms with van der Waals surface area (Å²) in [6, 6.07) is 12.0. The number of nitrogens with zero attached hydrogens (tertiary/aromatic N) is 3. The van der Waals surface area contributed by atoms with Gasteiger partial charge in [0.1, 0.15) is 28.6 Å². The summed E-state index contributed by atoms with van der Waals surface area (Å²) >= 11 is 0. The largest absolute Gasteiger partial charge is 0.494 e. The van der Waals surface area contributed by atoms with Gasteiger partial charge >= 0.3 is 0 Å². The Kier molecular flexibility index (Phi) is 5.54. The summed E-state index contributed by atoms with van der Waals surface area (Å²) in [7, 11) is 1.41. The third kappa shape index (κ3) is 3.94. The smallest absolute Gasteiger partial charge is 0.207 e. The second-order valence-electron chi connectivity index (χ2n) is 9.45. The van der Waals surface area contributed by atoms with Gasteiger partial charge in [-0.1, -0.05) is 6.07 Å². The van der Waals surface area contributed by atoms with Crippen LogP contribution in [0.1, 0.15) is 37.4 Å². The molecule has 6 rings (SSSR count). The monoisotopic (exact) mass is 490 g/mol. The summed E-state index contributed by atoms with van der Waals surface area (Å²) in [5, 5.41) is 10.4. The lowest BCUT2D eigenvalue weighted by Crippen LogP contribution is -2.36. The van der Waals surface area contributed by atoms with Crippen LogP contribution in [-0.4, -0.2) is 44.9 Å². The fraction of sp³-hybridized carbons (Fsp3) is 0.333. The third-order valence-corrected chi connectivity index (χ3v) is 7.12. The van der Waals surface area contributed by atoms with Crippen molar-refractivity contribution in [3.63, 3.8) is 0 Å². The molecule has 0 radical (unpaired) electrons. The van der Waals surface area contributed by atoms with Gasteiger partial charge in [-0.25, -0.2) is 9.97 Å². The first-order chi connectivity index (χ1) is 17.5. The number of halogens is 1. The molecule has 2 aromatic carbocycles. The third-order valence-electron chi connectivity index (χ3n) is 7.12. The molecule has 186 valence electrons. The molecule has 2 aliphatic rings. The van der Waals surface area contributed by atoms with E-state index in [9.17, 15) is 9.50 Å². The molecule has 1 aliphatic heterocycles. The standard InChI is InChI=1S/C27H27FN4O4/c1-34-19-3-2-4-20(22(19)28)36-18-8-5-16(6-9-18)23-24-25(29)30-13-14-32(24)26(31-23)17-7-10-21(35-15-17)27(33)11-12-27/h2-6,8-9,13-14,17,21,33H,7,10-12,15H2,1H3,(H2,29,30). The number of benzene rings is 2. The van der Waals surface area contributed by atoms with E-state index in [-0.39, 0.29) is 23.5 Å². The van der Waals surface area contributed by atoms with Gasteiger partial charge in [-0.15, -0.1) is 0 Å². The molecule has 36 heavy (non-hydrogen) atoms. The van der Waals surface area contributed by atoms with Gasteiger partial charge in [0.05, 0.1) is 25.4 Å². The van der Waals surface area contributed by atoms with Crippen molar-refractivity contribution in [3.05, 3.63) is 66.5 Å². The van der Waals surface area contributed by atoms with E-state index < -0.39 is 11.4 Å². The molecule has 1 aliphatic carbocycles. The van der Waals surface area contributed by atoms with Crippen LogP contribution in [0.3, 0.4) is 0 Å². The number of ether oxygens (including phenoxy) is 3. The average Bonchev–Trinajstić information content (AvgIpc) is 3.53. The Morgan fingerprint density at radius 3 is 2.61 bits per heavy atom. The van der Waals surface area contributed by atoms with E-state index in [1.54, 1.807) is 30.5 Å². The highest BCUT2D eigenvalue weighted by Gasteiger charge is 2.50. The second kappa shape index (κ2) is 8.76. The Bertz CT molecular complexity index is 1410. The van der Waals surface area contributed by atoms with Gasteiger partial charge in [-0.05, 0) is 62.1 Å². The predicted molar refractivity (Wildman–Crippen MR) is 132 cm³/mol. The van der Waals surface area contributed by atoms with E-state index >= 15 is 0 Å². The van der Waals surface area contributed by atoms with Crippen molar-refractivity contribution in [1.82, 2.24) is 14.4 Å². The van der Waals surface area contributed by atoms with Crippen molar-refractivity contribution in [2.45, 2.75) is 43.3 Å². The van der Waals surface area contributed by atoms with Crippen molar-refractivity contribution >= 4 is 11.3 Å². The molecule has 4 aromatic rings. The van der Waals surface area contributed by atoms with Crippen LogP contribution in [0.5, 0.6) is 17.2 Å². The molecule has 3 N–H and O–H groups in total. The van der Waals surface area contributed by atoms with Crippen LogP contribution < -0.4 is 15.2 Å². The Labute approximate surface area is 207 Å².